The largest absolute Gasteiger partial charge is 0.393 e. The molecule has 3 rings (SSSR count). The zero-order chi connectivity index (χ0) is 15.0. The molecule has 0 spiro atoms. The topological polar surface area (TPSA) is 35.5 Å². The molecule has 4 unspecified atom stereocenters. The highest BCUT2D eigenvalue weighted by molar-refractivity contribution is 9.10. The van der Waals surface area contributed by atoms with E-state index in [1.165, 1.54) is 17.7 Å². The number of anilines is 1. The van der Waals surface area contributed by atoms with Gasteiger partial charge in [0.2, 0.25) is 0 Å². The van der Waals surface area contributed by atoms with E-state index in [-0.39, 0.29) is 6.10 Å². The predicted molar refractivity (Wildman–Crippen MR) is 90.7 cm³/mol. The number of aliphatic hydroxyl groups is 1. The first-order valence-electron chi connectivity index (χ1n) is 8.06. The molecule has 1 saturated carbocycles. The molecule has 1 saturated heterocycles. The van der Waals surface area contributed by atoms with Gasteiger partial charge in [0.15, 0.2) is 0 Å². The monoisotopic (exact) mass is 352 g/mol. The van der Waals surface area contributed by atoms with Gasteiger partial charge in [0, 0.05) is 35.2 Å². The lowest BCUT2D eigenvalue weighted by Gasteiger charge is -2.26. The third kappa shape index (κ3) is 2.99. The van der Waals surface area contributed by atoms with Crippen molar-refractivity contribution in [1.29, 1.82) is 0 Å². The SMILES string of the molecule is CCNC(C)c1cc(Br)ccc1N1CC2CCC(O)C2C1. The average Bonchev–Trinajstić information content (AvgIpc) is 3.02. The fourth-order valence-corrected chi connectivity index (χ4v) is 4.39. The van der Waals surface area contributed by atoms with E-state index in [2.05, 4.69) is 58.2 Å². The van der Waals surface area contributed by atoms with E-state index in [1.54, 1.807) is 0 Å². The van der Waals surface area contributed by atoms with E-state index in [4.69, 9.17) is 0 Å². The third-order valence-corrected chi connectivity index (χ3v) is 5.62. The molecular formula is C17H25BrN2O. The fourth-order valence-electron chi connectivity index (χ4n) is 4.01. The van der Waals surface area contributed by atoms with Crippen LogP contribution >= 0.6 is 15.9 Å². The highest BCUT2D eigenvalue weighted by Gasteiger charge is 2.42. The molecule has 2 aliphatic rings. The normalized spacial score (nSPS) is 29.7. The average molecular weight is 353 g/mol. The van der Waals surface area contributed by atoms with E-state index in [1.807, 2.05) is 0 Å². The lowest BCUT2D eigenvalue weighted by atomic mass is 10.00. The van der Waals surface area contributed by atoms with Crippen molar-refractivity contribution >= 4 is 21.6 Å². The molecule has 1 aliphatic heterocycles. The van der Waals surface area contributed by atoms with Gasteiger partial charge in [-0.1, -0.05) is 22.9 Å². The summed E-state index contributed by atoms with van der Waals surface area (Å²) >= 11 is 3.60. The van der Waals surface area contributed by atoms with Gasteiger partial charge in [-0.2, -0.15) is 0 Å². The molecule has 3 nitrogen and oxygen atoms in total. The van der Waals surface area contributed by atoms with Gasteiger partial charge in [-0.3, -0.25) is 0 Å². The van der Waals surface area contributed by atoms with Crippen molar-refractivity contribution in [2.24, 2.45) is 11.8 Å². The van der Waals surface area contributed by atoms with Crippen LogP contribution in [0, 0.1) is 11.8 Å². The molecule has 0 radical (unpaired) electrons. The smallest absolute Gasteiger partial charge is 0.0588 e. The van der Waals surface area contributed by atoms with Crippen molar-refractivity contribution in [2.45, 2.75) is 38.8 Å². The van der Waals surface area contributed by atoms with Crippen molar-refractivity contribution in [3.63, 3.8) is 0 Å². The van der Waals surface area contributed by atoms with Gasteiger partial charge in [0.1, 0.15) is 0 Å². The zero-order valence-corrected chi connectivity index (χ0v) is 14.4. The van der Waals surface area contributed by atoms with Gasteiger partial charge in [0.05, 0.1) is 6.10 Å². The highest BCUT2D eigenvalue weighted by atomic mass is 79.9. The first-order chi connectivity index (χ1) is 10.1. The number of halogens is 1. The van der Waals surface area contributed by atoms with Crippen LogP contribution in [0.1, 0.15) is 38.3 Å². The van der Waals surface area contributed by atoms with Crippen LogP contribution in [0.5, 0.6) is 0 Å². The molecule has 21 heavy (non-hydrogen) atoms. The van der Waals surface area contributed by atoms with Crippen molar-refractivity contribution in [2.75, 3.05) is 24.5 Å². The summed E-state index contributed by atoms with van der Waals surface area (Å²) in [5.41, 5.74) is 2.67. The fraction of sp³-hybridized carbons (Fsp3) is 0.647. The molecule has 0 amide bonds. The Morgan fingerprint density at radius 3 is 2.90 bits per heavy atom. The summed E-state index contributed by atoms with van der Waals surface area (Å²) in [6.45, 7) is 7.43. The number of hydrogen-bond acceptors (Lipinski definition) is 3. The molecule has 0 bridgehead atoms. The van der Waals surface area contributed by atoms with Crippen LogP contribution in [0.4, 0.5) is 5.69 Å². The number of nitrogens with one attached hydrogen (secondary N) is 1. The molecule has 116 valence electrons. The second kappa shape index (κ2) is 6.27. The quantitative estimate of drug-likeness (QED) is 0.872. The Bertz CT molecular complexity index is 508. The number of rotatable bonds is 4. The van der Waals surface area contributed by atoms with Crippen LogP contribution in [0.2, 0.25) is 0 Å². The number of nitrogens with zero attached hydrogens (tertiary/aromatic N) is 1. The van der Waals surface area contributed by atoms with Gasteiger partial charge in [-0.05, 0) is 56.0 Å². The Morgan fingerprint density at radius 2 is 2.19 bits per heavy atom. The molecular weight excluding hydrogens is 328 g/mol. The molecule has 4 heteroatoms. The Morgan fingerprint density at radius 1 is 1.38 bits per heavy atom. The van der Waals surface area contributed by atoms with E-state index >= 15 is 0 Å². The van der Waals surface area contributed by atoms with Crippen LogP contribution in [0.3, 0.4) is 0 Å². The minimum absolute atomic E-state index is 0.0925. The third-order valence-electron chi connectivity index (χ3n) is 5.13. The van der Waals surface area contributed by atoms with Crippen LogP contribution in [0.15, 0.2) is 22.7 Å². The Labute approximate surface area is 135 Å². The summed E-state index contributed by atoms with van der Waals surface area (Å²) in [5, 5.41) is 13.6. The van der Waals surface area contributed by atoms with Gasteiger partial charge < -0.3 is 15.3 Å². The molecule has 1 aromatic carbocycles. The minimum Gasteiger partial charge on any atom is -0.393 e. The number of fused-ring (bicyclic) bond motifs is 1. The summed E-state index contributed by atoms with van der Waals surface area (Å²) in [4.78, 5) is 2.48. The van der Waals surface area contributed by atoms with Gasteiger partial charge in [-0.15, -0.1) is 0 Å². The van der Waals surface area contributed by atoms with Gasteiger partial charge in [0.25, 0.3) is 0 Å². The predicted octanol–water partition coefficient (Wildman–Crippen LogP) is 3.33. The van der Waals surface area contributed by atoms with E-state index < -0.39 is 0 Å². The maximum absolute atomic E-state index is 10.1. The Kier molecular flexibility index (Phi) is 4.57. The molecule has 2 fully saturated rings. The Balaban J connectivity index is 1.85. The summed E-state index contributed by atoms with van der Waals surface area (Å²) in [6.07, 6.45) is 2.08. The molecule has 2 N–H and O–H groups in total. The van der Waals surface area contributed by atoms with Gasteiger partial charge in [-0.25, -0.2) is 0 Å². The standard InChI is InChI=1S/C17H25BrN2O/c1-3-19-11(2)14-8-13(18)5-6-16(14)20-9-12-4-7-17(21)15(12)10-20/h5-6,8,11-12,15,17,19,21H,3-4,7,9-10H2,1-2H3. The van der Waals surface area contributed by atoms with E-state index in [0.29, 0.717) is 17.9 Å². The zero-order valence-electron chi connectivity index (χ0n) is 12.8. The second-order valence-corrected chi connectivity index (χ2v) is 7.37. The summed E-state index contributed by atoms with van der Waals surface area (Å²) in [6, 6.07) is 6.92. The van der Waals surface area contributed by atoms with Crippen molar-refractivity contribution in [1.82, 2.24) is 5.32 Å². The molecule has 1 aromatic rings. The second-order valence-electron chi connectivity index (χ2n) is 6.46. The number of aliphatic hydroxyl groups excluding tert-OH is 1. The highest BCUT2D eigenvalue weighted by Crippen LogP contribution is 2.41. The molecule has 0 aromatic heterocycles. The molecule has 4 atom stereocenters. The van der Waals surface area contributed by atoms with Crippen LogP contribution < -0.4 is 10.2 Å². The lowest BCUT2D eigenvalue weighted by Crippen LogP contribution is -2.27. The maximum atomic E-state index is 10.1. The Hall–Kier alpha value is -0.580. The minimum atomic E-state index is -0.0925. The van der Waals surface area contributed by atoms with Crippen LogP contribution in [0.25, 0.3) is 0 Å². The van der Waals surface area contributed by atoms with Crippen LogP contribution in [-0.4, -0.2) is 30.8 Å². The first-order valence-corrected chi connectivity index (χ1v) is 8.85. The number of hydrogen-bond donors (Lipinski definition) is 2. The van der Waals surface area contributed by atoms with Gasteiger partial charge >= 0.3 is 0 Å². The molecule has 1 heterocycles. The van der Waals surface area contributed by atoms with Crippen LogP contribution in [-0.2, 0) is 0 Å². The first kappa shape index (κ1) is 15.3. The molecule has 1 aliphatic carbocycles. The van der Waals surface area contributed by atoms with Crippen molar-refractivity contribution < 1.29 is 5.11 Å². The lowest BCUT2D eigenvalue weighted by molar-refractivity contribution is 0.133. The van der Waals surface area contributed by atoms with Crippen molar-refractivity contribution in [3.05, 3.63) is 28.2 Å². The summed E-state index contributed by atoms with van der Waals surface area (Å²) in [7, 11) is 0. The summed E-state index contributed by atoms with van der Waals surface area (Å²) in [5.74, 6) is 1.14. The maximum Gasteiger partial charge on any atom is 0.0588 e. The van der Waals surface area contributed by atoms with E-state index in [0.717, 1.165) is 30.5 Å². The summed E-state index contributed by atoms with van der Waals surface area (Å²) < 4.78 is 1.13. The number of benzene rings is 1. The van der Waals surface area contributed by atoms with Crippen molar-refractivity contribution in [3.8, 4) is 0 Å². The van der Waals surface area contributed by atoms with E-state index in [9.17, 15) is 5.11 Å².